The van der Waals surface area contributed by atoms with Crippen LogP contribution in [0.5, 0.6) is 0 Å². The Morgan fingerprint density at radius 2 is 2.12 bits per heavy atom. The normalized spacial score (nSPS) is 10.9. The first kappa shape index (κ1) is 12.6. The molecule has 0 aliphatic heterocycles. The third-order valence-corrected chi connectivity index (χ3v) is 3.70. The molecule has 0 saturated carbocycles. The maximum absolute atomic E-state index is 4.65. The van der Waals surface area contributed by atoms with Gasteiger partial charge < -0.3 is 5.32 Å². The molecular formula is C13H15BrN2S. The number of aryl methyl sites for hydroxylation is 1. The highest BCUT2D eigenvalue weighted by Crippen LogP contribution is 2.31. The zero-order valence-electron chi connectivity index (χ0n) is 10.1. The van der Waals surface area contributed by atoms with Crippen LogP contribution in [0.2, 0.25) is 0 Å². The molecule has 0 fully saturated rings. The molecule has 0 aliphatic carbocycles. The zero-order valence-corrected chi connectivity index (χ0v) is 12.5. The van der Waals surface area contributed by atoms with Crippen LogP contribution in [0.3, 0.4) is 0 Å². The topological polar surface area (TPSA) is 24.9 Å². The Bertz CT molecular complexity index is 520. The highest BCUT2D eigenvalue weighted by molar-refractivity contribution is 9.10. The standard InChI is InChI=1S/C13H15BrN2S/c1-8(2)15-13-16-12(9(3)17-13)10-5-4-6-11(14)7-10/h4-8H,1-3H3,(H,15,16). The summed E-state index contributed by atoms with van der Waals surface area (Å²) in [7, 11) is 0. The zero-order chi connectivity index (χ0) is 12.4. The third kappa shape index (κ3) is 3.07. The van der Waals surface area contributed by atoms with E-state index >= 15 is 0 Å². The minimum atomic E-state index is 0.413. The van der Waals surface area contributed by atoms with Crippen molar-refractivity contribution in [3.8, 4) is 11.3 Å². The summed E-state index contributed by atoms with van der Waals surface area (Å²) in [5.41, 5.74) is 2.23. The molecule has 1 aromatic carbocycles. The fraction of sp³-hybridized carbons (Fsp3) is 0.308. The van der Waals surface area contributed by atoms with Gasteiger partial charge in [0.25, 0.3) is 0 Å². The molecule has 0 unspecified atom stereocenters. The first-order chi connectivity index (χ1) is 8.06. The van der Waals surface area contributed by atoms with Crippen LogP contribution in [-0.4, -0.2) is 11.0 Å². The number of hydrogen-bond acceptors (Lipinski definition) is 3. The molecule has 1 heterocycles. The number of hydrogen-bond donors (Lipinski definition) is 1. The van der Waals surface area contributed by atoms with Crippen molar-refractivity contribution in [2.24, 2.45) is 0 Å². The van der Waals surface area contributed by atoms with Gasteiger partial charge >= 0.3 is 0 Å². The lowest BCUT2D eigenvalue weighted by molar-refractivity contribution is 0.897. The van der Waals surface area contributed by atoms with Gasteiger partial charge in [-0.3, -0.25) is 0 Å². The number of nitrogens with one attached hydrogen (secondary N) is 1. The van der Waals surface area contributed by atoms with Gasteiger partial charge in [0.15, 0.2) is 5.13 Å². The van der Waals surface area contributed by atoms with Crippen molar-refractivity contribution in [1.29, 1.82) is 0 Å². The van der Waals surface area contributed by atoms with Gasteiger partial charge in [-0.05, 0) is 32.9 Å². The Balaban J connectivity index is 2.36. The summed E-state index contributed by atoms with van der Waals surface area (Å²) < 4.78 is 1.08. The molecule has 0 radical (unpaired) electrons. The van der Waals surface area contributed by atoms with E-state index in [0.29, 0.717) is 6.04 Å². The molecule has 0 bridgehead atoms. The number of benzene rings is 1. The average Bonchev–Trinajstić information content (AvgIpc) is 2.58. The summed E-state index contributed by atoms with van der Waals surface area (Å²) >= 11 is 5.20. The first-order valence-electron chi connectivity index (χ1n) is 5.56. The molecule has 1 N–H and O–H groups in total. The molecule has 1 aromatic heterocycles. The fourth-order valence-electron chi connectivity index (χ4n) is 1.61. The molecule has 0 spiro atoms. The Morgan fingerprint density at radius 1 is 1.35 bits per heavy atom. The Labute approximate surface area is 114 Å². The van der Waals surface area contributed by atoms with Crippen LogP contribution in [0.4, 0.5) is 5.13 Å². The predicted octanol–water partition coefficient (Wildman–Crippen LogP) is 4.70. The van der Waals surface area contributed by atoms with Crippen molar-refractivity contribution in [3.05, 3.63) is 33.6 Å². The highest BCUT2D eigenvalue weighted by Gasteiger charge is 2.10. The van der Waals surface area contributed by atoms with Gasteiger partial charge in [-0.1, -0.05) is 28.1 Å². The fourth-order valence-corrected chi connectivity index (χ4v) is 2.99. The molecule has 0 saturated heterocycles. The van der Waals surface area contributed by atoms with Crippen molar-refractivity contribution in [2.45, 2.75) is 26.8 Å². The minimum absolute atomic E-state index is 0.413. The summed E-state index contributed by atoms with van der Waals surface area (Å²) in [6.07, 6.45) is 0. The molecule has 90 valence electrons. The lowest BCUT2D eigenvalue weighted by atomic mass is 10.1. The van der Waals surface area contributed by atoms with Gasteiger partial charge in [0.05, 0.1) is 5.69 Å². The lowest BCUT2D eigenvalue weighted by Gasteiger charge is -2.04. The van der Waals surface area contributed by atoms with E-state index in [-0.39, 0.29) is 0 Å². The number of halogens is 1. The molecule has 2 aromatic rings. The number of aromatic nitrogens is 1. The number of thiazole rings is 1. The summed E-state index contributed by atoms with van der Waals surface area (Å²) in [5, 5.41) is 4.34. The van der Waals surface area contributed by atoms with Crippen LogP contribution in [-0.2, 0) is 0 Å². The molecule has 0 amide bonds. The van der Waals surface area contributed by atoms with Crippen LogP contribution in [0.15, 0.2) is 28.7 Å². The monoisotopic (exact) mass is 310 g/mol. The van der Waals surface area contributed by atoms with Crippen LogP contribution in [0.1, 0.15) is 18.7 Å². The van der Waals surface area contributed by atoms with Crippen molar-refractivity contribution >= 4 is 32.4 Å². The van der Waals surface area contributed by atoms with Gasteiger partial charge in [0.2, 0.25) is 0 Å². The van der Waals surface area contributed by atoms with Crippen molar-refractivity contribution in [3.63, 3.8) is 0 Å². The maximum atomic E-state index is 4.65. The third-order valence-electron chi connectivity index (χ3n) is 2.31. The van der Waals surface area contributed by atoms with Gasteiger partial charge in [0.1, 0.15) is 0 Å². The van der Waals surface area contributed by atoms with E-state index in [4.69, 9.17) is 0 Å². The second-order valence-electron chi connectivity index (χ2n) is 4.23. The second kappa shape index (κ2) is 5.19. The number of anilines is 1. The van der Waals surface area contributed by atoms with Crippen molar-refractivity contribution < 1.29 is 0 Å². The molecule has 2 nitrogen and oxygen atoms in total. The van der Waals surface area contributed by atoms with Crippen LogP contribution in [0.25, 0.3) is 11.3 Å². The van der Waals surface area contributed by atoms with Crippen LogP contribution in [0, 0.1) is 6.92 Å². The smallest absolute Gasteiger partial charge is 0.183 e. The van der Waals surface area contributed by atoms with E-state index < -0.39 is 0 Å². The molecular weight excluding hydrogens is 296 g/mol. The second-order valence-corrected chi connectivity index (χ2v) is 6.35. The van der Waals surface area contributed by atoms with Gasteiger partial charge in [-0.2, -0.15) is 0 Å². The molecule has 17 heavy (non-hydrogen) atoms. The maximum Gasteiger partial charge on any atom is 0.183 e. The largest absolute Gasteiger partial charge is 0.359 e. The van der Waals surface area contributed by atoms with Gasteiger partial charge in [-0.25, -0.2) is 4.98 Å². The Morgan fingerprint density at radius 3 is 2.76 bits per heavy atom. The molecule has 2 rings (SSSR count). The minimum Gasteiger partial charge on any atom is -0.359 e. The van der Waals surface area contributed by atoms with E-state index in [1.165, 1.54) is 4.88 Å². The average molecular weight is 311 g/mol. The van der Waals surface area contributed by atoms with Crippen LogP contribution >= 0.6 is 27.3 Å². The highest BCUT2D eigenvalue weighted by atomic mass is 79.9. The van der Waals surface area contributed by atoms with Gasteiger partial charge in [-0.15, -0.1) is 11.3 Å². The first-order valence-corrected chi connectivity index (χ1v) is 7.17. The lowest BCUT2D eigenvalue weighted by Crippen LogP contribution is -2.08. The van der Waals surface area contributed by atoms with E-state index in [1.807, 2.05) is 12.1 Å². The van der Waals surface area contributed by atoms with E-state index in [2.05, 4.69) is 59.1 Å². The summed E-state index contributed by atoms with van der Waals surface area (Å²) in [4.78, 5) is 5.89. The van der Waals surface area contributed by atoms with Crippen molar-refractivity contribution in [1.82, 2.24) is 4.98 Å². The molecule has 0 aliphatic rings. The molecule has 0 atom stereocenters. The van der Waals surface area contributed by atoms with Gasteiger partial charge in [0, 0.05) is 21.0 Å². The quantitative estimate of drug-likeness (QED) is 0.888. The van der Waals surface area contributed by atoms with Crippen LogP contribution < -0.4 is 5.32 Å². The SMILES string of the molecule is Cc1sc(NC(C)C)nc1-c1cccc(Br)c1. The van der Waals surface area contributed by atoms with E-state index in [1.54, 1.807) is 11.3 Å². The van der Waals surface area contributed by atoms with E-state index in [0.717, 1.165) is 20.9 Å². The predicted molar refractivity (Wildman–Crippen MR) is 78.7 cm³/mol. The molecule has 4 heteroatoms. The number of rotatable bonds is 3. The summed E-state index contributed by atoms with van der Waals surface area (Å²) in [6.45, 7) is 6.35. The van der Waals surface area contributed by atoms with Crippen molar-refractivity contribution in [2.75, 3.05) is 5.32 Å². The summed E-state index contributed by atoms with van der Waals surface area (Å²) in [6, 6.07) is 8.66. The Kier molecular flexibility index (Phi) is 3.84. The number of nitrogens with zero attached hydrogens (tertiary/aromatic N) is 1. The van der Waals surface area contributed by atoms with E-state index in [9.17, 15) is 0 Å². The summed E-state index contributed by atoms with van der Waals surface area (Å²) in [5.74, 6) is 0. The Hall–Kier alpha value is -0.870.